The molecule has 0 aliphatic heterocycles. The Morgan fingerprint density at radius 3 is 1.76 bits per heavy atom. The first kappa shape index (κ1) is 17.0. The monoisotopic (exact) mass is 335 g/mol. The molecule has 0 fully saturated rings. The summed E-state index contributed by atoms with van der Waals surface area (Å²) in [5.41, 5.74) is -0.125. The number of hydrogen-bond acceptors (Lipinski definition) is 0. The normalized spacial score (nSPS) is 11.8. The van der Waals surface area contributed by atoms with Crippen molar-refractivity contribution in [1.82, 2.24) is 0 Å². The largest absolute Gasteiger partial charge is 0.673 e. The van der Waals surface area contributed by atoms with Crippen LogP contribution in [0.1, 0.15) is 5.69 Å². The van der Waals surface area contributed by atoms with E-state index in [9.17, 15) is 21.7 Å². The maximum atomic E-state index is 13.0. The molecule has 0 bridgehead atoms. The van der Waals surface area contributed by atoms with E-state index >= 15 is 0 Å². The molecule has 0 atom stereocenters. The van der Waals surface area contributed by atoms with E-state index in [2.05, 4.69) is 0 Å². The highest BCUT2D eigenvalue weighted by Gasteiger charge is 2.36. The fraction of sp³-hybridized carbons (Fsp3) is 0.167. The van der Waals surface area contributed by atoms with Gasteiger partial charge in [-0.1, -0.05) is 34.8 Å². The van der Waals surface area contributed by atoms with Gasteiger partial charge in [-0.05, 0) is 17.7 Å². The standard InChI is InChI=1S/C6H3Cl4FN.BF4/c7-5-3-1-2-4(12(5)11)6(8,9)10;2-1(3,4)5/h1-3H;/q+1;-1. The number of rotatable bonds is 0. The zero-order valence-electron chi connectivity index (χ0n) is 7.66. The average Bonchev–Trinajstić information content (AvgIpc) is 2.04. The highest BCUT2D eigenvalue weighted by molar-refractivity contribution is 6.66. The molecule has 0 N–H and O–H groups in total. The van der Waals surface area contributed by atoms with Crippen LogP contribution in [0.3, 0.4) is 0 Å². The molecule has 1 nitrogen and oxygen atoms in total. The van der Waals surface area contributed by atoms with Crippen LogP contribution < -0.4 is 4.79 Å². The molecule has 1 aromatic rings. The summed E-state index contributed by atoms with van der Waals surface area (Å²) in [6.07, 6.45) is 0. The van der Waals surface area contributed by atoms with Gasteiger partial charge in [0.2, 0.25) is 0 Å². The predicted octanol–water partition coefficient (Wildman–Crippen LogP) is 4.49. The van der Waals surface area contributed by atoms with Gasteiger partial charge < -0.3 is 17.3 Å². The Morgan fingerprint density at radius 2 is 1.47 bits per heavy atom. The minimum atomic E-state index is -6.00. The summed E-state index contributed by atoms with van der Waals surface area (Å²) in [7, 11) is -6.00. The lowest BCUT2D eigenvalue weighted by molar-refractivity contribution is -0.847. The van der Waals surface area contributed by atoms with Gasteiger partial charge in [0.25, 0.3) is 9.49 Å². The van der Waals surface area contributed by atoms with Gasteiger partial charge in [-0.15, -0.1) is 0 Å². The van der Waals surface area contributed by atoms with Crippen molar-refractivity contribution in [2.45, 2.75) is 3.79 Å². The van der Waals surface area contributed by atoms with E-state index < -0.39 is 11.0 Å². The van der Waals surface area contributed by atoms with Crippen molar-refractivity contribution in [3.63, 3.8) is 0 Å². The second-order valence-electron chi connectivity index (χ2n) is 2.51. The first-order valence-electron chi connectivity index (χ1n) is 3.74. The summed E-state index contributed by atoms with van der Waals surface area (Å²) >= 11 is 21.8. The molecule has 17 heavy (non-hydrogen) atoms. The molecule has 1 aromatic heterocycles. The van der Waals surface area contributed by atoms with Gasteiger partial charge in [0.1, 0.15) is 0 Å². The molecule has 0 aliphatic rings. The van der Waals surface area contributed by atoms with Gasteiger partial charge in [-0.3, -0.25) is 0 Å². The summed E-state index contributed by atoms with van der Waals surface area (Å²) in [5.74, 6) is 0. The Morgan fingerprint density at radius 1 is 1.06 bits per heavy atom. The van der Waals surface area contributed by atoms with Crippen molar-refractivity contribution in [3.05, 3.63) is 29.0 Å². The van der Waals surface area contributed by atoms with E-state index in [1.54, 1.807) is 0 Å². The molecule has 0 amide bonds. The zero-order chi connectivity index (χ0) is 13.9. The fourth-order valence-electron chi connectivity index (χ4n) is 0.670. The van der Waals surface area contributed by atoms with Crippen LogP contribution in [0.25, 0.3) is 0 Å². The van der Waals surface area contributed by atoms with E-state index in [-0.39, 0.29) is 15.6 Å². The quantitative estimate of drug-likeness (QED) is 0.284. The number of nitrogens with zero attached hydrogens (tertiary/aromatic N) is 1. The molecule has 0 saturated carbocycles. The SMILES string of the molecule is F[B-](F)(F)F.F[n+]1c(Cl)cccc1C(Cl)(Cl)Cl. The number of halogens is 9. The van der Waals surface area contributed by atoms with Crippen molar-refractivity contribution < 1.29 is 26.5 Å². The van der Waals surface area contributed by atoms with E-state index in [0.717, 1.165) is 0 Å². The van der Waals surface area contributed by atoms with Crippen LogP contribution in [-0.4, -0.2) is 7.25 Å². The van der Waals surface area contributed by atoms with Gasteiger partial charge in [0.05, 0.1) is 4.48 Å². The molecule has 0 spiro atoms. The molecule has 1 rings (SSSR count). The summed E-state index contributed by atoms with van der Waals surface area (Å²) in [6.45, 7) is 0. The van der Waals surface area contributed by atoms with E-state index in [1.807, 2.05) is 0 Å². The summed E-state index contributed by atoms with van der Waals surface area (Å²) < 4.78 is 50.2. The second kappa shape index (κ2) is 6.27. The van der Waals surface area contributed by atoms with Crippen LogP contribution in [0.4, 0.5) is 21.7 Å². The first-order chi connectivity index (χ1) is 7.43. The molecule has 11 heteroatoms. The van der Waals surface area contributed by atoms with Crippen molar-refractivity contribution in [2.24, 2.45) is 0 Å². The van der Waals surface area contributed by atoms with Gasteiger partial charge in [-0.2, -0.15) is 0 Å². The van der Waals surface area contributed by atoms with Crippen molar-refractivity contribution in [1.29, 1.82) is 0 Å². The Hall–Kier alpha value is 0.0249. The van der Waals surface area contributed by atoms with E-state index in [0.29, 0.717) is 0 Å². The first-order valence-corrected chi connectivity index (χ1v) is 5.25. The highest BCUT2D eigenvalue weighted by Crippen LogP contribution is 2.36. The number of pyridine rings is 1. The van der Waals surface area contributed by atoms with Gasteiger partial charge >= 0.3 is 12.4 Å². The van der Waals surface area contributed by atoms with Gasteiger partial charge in [-0.25, -0.2) is 0 Å². The van der Waals surface area contributed by atoms with Crippen molar-refractivity contribution >= 4 is 53.7 Å². The Labute approximate surface area is 113 Å². The second-order valence-corrected chi connectivity index (χ2v) is 5.18. The Bertz CT molecular complexity index is 374. The summed E-state index contributed by atoms with van der Waals surface area (Å²) in [4.78, 5) is 0.120. The summed E-state index contributed by atoms with van der Waals surface area (Å²) in [6, 6.07) is 4.18. The molecule has 0 saturated heterocycles. The molecule has 98 valence electrons. The third kappa shape index (κ3) is 7.86. The predicted molar refractivity (Wildman–Crippen MR) is 57.6 cm³/mol. The van der Waals surface area contributed by atoms with Gasteiger partial charge in [0, 0.05) is 16.9 Å². The Kier molecular flexibility index (Phi) is 6.28. The Balaban J connectivity index is 0.000000437. The van der Waals surface area contributed by atoms with Crippen LogP contribution in [-0.2, 0) is 3.79 Å². The lowest BCUT2D eigenvalue weighted by atomic mass is 10.3. The van der Waals surface area contributed by atoms with Crippen molar-refractivity contribution in [2.75, 3.05) is 0 Å². The number of aromatic nitrogens is 1. The molecule has 0 aromatic carbocycles. The molecule has 0 aliphatic carbocycles. The highest BCUT2D eigenvalue weighted by atomic mass is 35.6. The van der Waals surface area contributed by atoms with Crippen LogP contribution >= 0.6 is 46.4 Å². The third-order valence-electron chi connectivity index (χ3n) is 1.18. The molecule has 0 unspecified atom stereocenters. The lowest BCUT2D eigenvalue weighted by Gasteiger charge is -2.03. The molecular formula is C6H3BCl4F5N. The molecule has 0 radical (unpaired) electrons. The average molecular weight is 337 g/mol. The third-order valence-corrected chi connectivity index (χ3v) is 2.03. The maximum absolute atomic E-state index is 13.0. The van der Waals surface area contributed by atoms with E-state index in [1.165, 1.54) is 18.2 Å². The number of hydrogen-bond donors (Lipinski definition) is 0. The van der Waals surface area contributed by atoms with Crippen LogP contribution in [0.2, 0.25) is 5.15 Å². The van der Waals surface area contributed by atoms with E-state index in [4.69, 9.17) is 46.4 Å². The smallest absolute Gasteiger partial charge is 0.418 e. The minimum Gasteiger partial charge on any atom is -0.418 e. The van der Waals surface area contributed by atoms with Crippen LogP contribution in [0, 0.1) is 0 Å². The van der Waals surface area contributed by atoms with Gasteiger partial charge in [0.15, 0.2) is 0 Å². The fourth-order valence-corrected chi connectivity index (χ4v) is 1.25. The zero-order valence-corrected chi connectivity index (χ0v) is 10.7. The molecule has 1 heterocycles. The maximum Gasteiger partial charge on any atom is 0.673 e. The summed E-state index contributed by atoms with van der Waals surface area (Å²) in [5, 5.41) is -0.140. The van der Waals surface area contributed by atoms with Crippen LogP contribution in [0.15, 0.2) is 18.2 Å². The number of alkyl halides is 3. The molecular weight excluding hydrogens is 334 g/mol. The lowest BCUT2D eigenvalue weighted by Crippen LogP contribution is -2.33. The van der Waals surface area contributed by atoms with Crippen molar-refractivity contribution in [3.8, 4) is 0 Å². The minimum absolute atomic E-state index is 0.120. The van der Waals surface area contributed by atoms with Crippen LogP contribution in [0.5, 0.6) is 0 Å². The topological polar surface area (TPSA) is 3.88 Å².